The monoisotopic (exact) mass is 339 g/mol. The number of carbonyl (C=O) groups excluding carboxylic acids is 3. The first-order valence-corrected chi connectivity index (χ1v) is 7.01. The molecule has 1 atom stereocenters. The summed E-state index contributed by atoms with van der Waals surface area (Å²) < 4.78 is 31.8. The quantitative estimate of drug-likeness (QED) is 0.826. The second kappa shape index (κ2) is 7.16. The van der Waals surface area contributed by atoms with Gasteiger partial charge in [-0.25, -0.2) is 18.6 Å². The largest absolute Gasteiger partial charge is 0.467 e. The Hall–Kier alpha value is -2.84. The summed E-state index contributed by atoms with van der Waals surface area (Å²) in [6.45, 7) is 0. The molecule has 1 N–H and O–H groups in total. The van der Waals surface area contributed by atoms with Crippen molar-refractivity contribution < 1.29 is 27.9 Å². The van der Waals surface area contributed by atoms with Crippen LogP contribution in [-0.2, 0) is 19.1 Å². The van der Waals surface area contributed by atoms with E-state index in [4.69, 9.17) is 0 Å². The molecule has 1 aromatic rings. The zero-order valence-corrected chi connectivity index (χ0v) is 13.0. The van der Waals surface area contributed by atoms with Crippen LogP contribution in [0.4, 0.5) is 8.78 Å². The number of carbonyl (C=O) groups is 3. The molecule has 0 bridgehead atoms. The molecule has 0 unspecified atom stereocenters. The average Bonchev–Trinajstić information content (AvgIpc) is 2.56. The van der Waals surface area contributed by atoms with Gasteiger partial charge >= 0.3 is 5.97 Å². The van der Waals surface area contributed by atoms with Crippen LogP contribution >= 0.6 is 0 Å². The van der Waals surface area contributed by atoms with E-state index in [1.165, 1.54) is 7.05 Å². The smallest absolute Gasteiger partial charge is 0.333 e. The Morgan fingerprint density at radius 2 is 2.04 bits per heavy atom. The number of benzene rings is 1. The highest BCUT2D eigenvalue weighted by Gasteiger charge is 2.30. The fourth-order valence-electron chi connectivity index (χ4n) is 2.16. The van der Waals surface area contributed by atoms with E-state index in [-0.39, 0.29) is 30.0 Å². The molecule has 1 aliphatic heterocycles. The summed E-state index contributed by atoms with van der Waals surface area (Å²) in [5.41, 5.74) is -0.362. The molecule has 0 spiro atoms. The second-order valence-electron chi connectivity index (χ2n) is 5.06. The molecule has 7 nitrogen and oxygen atoms in total. The first-order valence-electron chi connectivity index (χ1n) is 7.01. The van der Waals surface area contributed by atoms with Crippen molar-refractivity contribution in [1.29, 1.82) is 0 Å². The fourth-order valence-corrected chi connectivity index (χ4v) is 2.16. The van der Waals surface area contributed by atoms with Crippen molar-refractivity contribution in [3.8, 4) is 0 Å². The number of esters is 1. The number of nitrogens with one attached hydrogen (secondary N) is 1. The molecule has 0 aromatic heterocycles. The Bertz CT molecular complexity index is 721. The highest BCUT2D eigenvalue weighted by molar-refractivity contribution is 6.39. The van der Waals surface area contributed by atoms with Gasteiger partial charge < -0.3 is 10.1 Å². The van der Waals surface area contributed by atoms with Crippen molar-refractivity contribution in [1.82, 2.24) is 10.3 Å². The first-order chi connectivity index (χ1) is 11.3. The highest BCUT2D eigenvalue weighted by Crippen LogP contribution is 2.20. The molecule has 128 valence electrons. The van der Waals surface area contributed by atoms with Gasteiger partial charge in [-0.05, 0) is 18.2 Å². The maximum atomic E-state index is 13.9. The van der Waals surface area contributed by atoms with Crippen molar-refractivity contribution in [2.24, 2.45) is 5.10 Å². The normalized spacial score (nSPS) is 15.6. The van der Waals surface area contributed by atoms with Gasteiger partial charge in [0, 0.05) is 25.5 Å². The lowest BCUT2D eigenvalue weighted by atomic mass is 10.0. The number of hydrogen-bond donors (Lipinski definition) is 1. The summed E-state index contributed by atoms with van der Waals surface area (Å²) in [7, 11) is 2.45. The van der Waals surface area contributed by atoms with Crippen LogP contribution in [-0.4, -0.2) is 42.7 Å². The van der Waals surface area contributed by atoms with E-state index < -0.39 is 29.6 Å². The number of ether oxygens (including phenoxy) is 1. The molecular formula is C15H15F2N3O4. The number of rotatable bonds is 4. The Morgan fingerprint density at radius 3 is 2.67 bits per heavy atom. The van der Waals surface area contributed by atoms with E-state index in [0.29, 0.717) is 0 Å². The summed E-state index contributed by atoms with van der Waals surface area (Å²) in [6, 6.07) is 0.997. The van der Waals surface area contributed by atoms with Gasteiger partial charge in [0.05, 0.1) is 7.11 Å². The molecule has 1 heterocycles. The summed E-state index contributed by atoms with van der Waals surface area (Å²) in [5, 5.41) is 7.08. The Morgan fingerprint density at radius 1 is 1.33 bits per heavy atom. The number of halogens is 2. The molecule has 24 heavy (non-hydrogen) atoms. The van der Waals surface area contributed by atoms with Crippen molar-refractivity contribution >= 4 is 23.5 Å². The topological polar surface area (TPSA) is 88.1 Å². The number of hydrazone groups is 1. The van der Waals surface area contributed by atoms with Crippen molar-refractivity contribution in [2.75, 3.05) is 14.2 Å². The third kappa shape index (κ3) is 3.73. The van der Waals surface area contributed by atoms with Crippen LogP contribution in [0.25, 0.3) is 0 Å². The van der Waals surface area contributed by atoms with Gasteiger partial charge in [-0.3, -0.25) is 9.59 Å². The van der Waals surface area contributed by atoms with Crippen LogP contribution < -0.4 is 5.32 Å². The molecule has 0 aliphatic carbocycles. The molecule has 9 heteroatoms. The summed E-state index contributed by atoms with van der Waals surface area (Å²) >= 11 is 0. The van der Waals surface area contributed by atoms with E-state index >= 15 is 0 Å². The minimum atomic E-state index is -1.54. The van der Waals surface area contributed by atoms with E-state index in [1.807, 2.05) is 0 Å². The van der Waals surface area contributed by atoms with Crippen molar-refractivity contribution in [3.05, 3.63) is 35.4 Å². The van der Waals surface area contributed by atoms with Crippen LogP contribution in [0.1, 0.15) is 24.4 Å². The van der Waals surface area contributed by atoms with E-state index in [9.17, 15) is 23.2 Å². The van der Waals surface area contributed by atoms with E-state index in [2.05, 4.69) is 15.2 Å². The van der Waals surface area contributed by atoms with Gasteiger partial charge in [0.15, 0.2) is 6.04 Å². The second-order valence-corrected chi connectivity index (χ2v) is 5.06. The molecular weight excluding hydrogens is 324 g/mol. The van der Waals surface area contributed by atoms with Crippen molar-refractivity contribution in [2.45, 2.75) is 18.9 Å². The third-order valence-corrected chi connectivity index (χ3v) is 3.45. The SMILES string of the molecule is COC(=O)[C@@H](NC(=O)C1=NN(C)C(=O)CC1)c1cc(F)ccc1F. The molecule has 0 saturated heterocycles. The zero-order chi connectivity index (χ0) is 17.9. The van der Waals surface area contributed by atoms with Gasteiger partial charge in [-0.2, -0.15) is 5.10 Å². The van der Waals surface area contributed by atoms with Crippen LogP contribution in [0, 0.1) is 11.6 Å². The lowest BCUT2D eigenvalue weighted by Gasteiger charge is -2.21. The Kier molecular flexibility index (Phi) is 5.22. The van der Waals surface area contributed by atoms with Gasteiger partial charge in [0.2, 0.25) is 5.91 Å². The third-order valence-electron chi connectivity index (χ3n) is 3.45. The highest BCUT2D eigenvalue weighted by atomic mass is 19.1. The Balaban J connectivity index is 2.28. The standard InChI is InChI=1S/C15H15F2N3O4/c1-20-12(21)6-5-11(19-20)14(22)18-13(15(23)24-2)9-7-8(16)3-4-10(9)17/h3-4,7,13H,5-6H2,1-2H3,(H,18,22)/t13-/m0/s1. The predicted molar refractivity (Wildman–Crippen MR) is 78.7 cm³/mol. The van der Waals surface area contributed by atoms with Crippen LogP contribution in [0.5, 0.6) is 0 Å². The van der Waals surface area contributed by atoms with E-state index in [1.54, 1.807) is 0 Å². The fraction of sp³-hybridized carbons (Fsp3) is 0.333. The molecule has 1 aliphatic rings. The maximum Gasteiger partial charge on any atom is 0.333 e. The Labute approximate surface area is 136 Å². The van der Waals surface area contributed by atoms with Gasteiger partial charge in [0.25, 0.3) is 5.91 Å². The van der Waals surface area contributed by atoms with Gasteiger partial charge in [-0.1, -0.05) is 0 Å². The minimum absolute atomic E-state index is 0.00261. The average molecular weight is 339 g/mol. The number of nitrogens with zero attached hydrogens (tertiary/aromatic N) is 2. The van der Waals surface area contributed by atoms with Crippen LogP contribution in [0.3, 0.4) is 0 Å². The number of hydrogen-bond acceptors (Lipinski definition) is 5. The van der Waals surface area contributed by atoms with Gasteiger partial charge in [0.1, 0.15) is 17.3 Å². The van der Waals surface area contributed by atoms with E-state index in [0.717, 1.165) is 30.3 Å². The minimum Gasteiger partial charge on any atom is -0.467 e. The molecule has 0 fully saturated rings. The maximum absolute atomic E-state index is 13.9. The number of methoxy groups -OCH3 is 1. The zero-order valence-electron chi connectivity index (χ0n) is 13.0. The van der Waals surface area contributed by atoms with Crippen molar-refractivity contribution in [3.63, 3.8) is 0 Å². The predicted octanol–water partition coefficient (Wildman–Crippen LogP) is 0.903. The lowest BCUT2D eigenvalue weighted by molar-refractivity contribution is -0.144. The van der Waals surface area contributed by atoms with Crippen LogP contribution in [0.15, 0.2) is 23.3 Å². The number of amides is 2. The molecule has 0 radical (unpaired) electrons. The summed E-state index contributed by atoms with van der Waals surface area (Å²) in [5.74, 6) is -3.63. The summed E-state index contributed by atoms with van der Waals surface area (Å²) in [6.07, 6.45) is 0.161. The molecule has 1 aromatic carbocycles. The van der Waals surface area contributed by atoms with Gasteiger partial charge in [-0.15, -0.1) is 0 Å². The molecule has 2 rings (SSSR count). The summed E-state index contributed by atoms with van der Waals surface area (Å²) in [4.78, 5) is 35.5. The van der Waals surface area contributed by atoms with Crippen LogP contribution in [0.2, 0.25) is 0 Å². The molecule has 0 saturated carbocycles. The molecule has 2 amide bonds. The lowest BCUT2D eigenvalue weighted by Crippen LogP contribution is -2.42. The first kappa shape index (κ1) is 17.5.